The molecule has 0 bridgehead atoms. The van der Waals surface area contributed by atoms with Crippen LogP contribution in [0.4, 0.5) is 10.6 Å². The number of nitrogens with zero attached hydrogens (tertiary/aromatic N) is 5. The van der Waals surface area contributed by atoms with E-state index in [1.807, 2.05) is 20.8 Å². The van der Waals surface area contributed by atoms with Crippen LogP contribution in [0.1, 0.15) is 40.0 Å². The number of likely N-dealkylation sites (tertiary alicyclic amines) is 1. The van der Waals surface area contributed by atoms with Gasteiger partial charge in [0.25, 0.3) is 0 Å². The van der Waals surface area contributed by atoms with Crippen LogP contribution in [-0.4, -0.2) is 57.4 Å². The average molecular weight is 373 g/mol. The quantitative estimate of drug-likeness (QED) is 0.756. The highest BCUT2D eigenvalue weighted by molar-refractivity contribution is 5.96. The van der Waals surface area contributed by atoms with Gasteiger partial charge in [-0.3, -0.25) is 9.69 Å². The Morgan fingerprint density at radius 1 is 1.22 bits per heavy atom. The molecule has 2 aliphatic heterocycles. The van der Waals surface area contributed by atoms with Crippen molar-refractivity contribution >= 4 is 29.0 Å². The summed E-state index contributed by atoms with van der Waals surface area (Å²) in [6, 6.07) is 3.51. The second-order valence-electron chi connectivity index (χ2n) is 8.40. The molecule has 4 heterocycles. The number of carbonyl (C=O) groups is 2. The van der Waals surface area contributed by atoms with Crippen molar-refractivity contribution in [2.75, 3.05) is 24.5 Å². The smallest absolute Gasteiger partial charge is 0.410 e. The second-order valence-corrected chi connectivity index (χ2v) is 8.40. The zero-order valence-electron chi connectivity index (χ0n) is 15.8. The van der Waals surface area contributed by atoms with E-state index in [-0.39, 0.29) is 17.4 Å². The van der Waals surface area contributed by atoms with Crippen molar-refractivity contribution in [3.63, 3.8) is 0 Å². The standard InChI is InChI=1S/C18H23N5O4/c1-17(2,3)26-16(25)22-8-6-18(7-9-22)10-14(24)23(11-18)13-5-4-12-15(19-13)21-27-20-12/h4-5H,6-11H2,1-3H3. The molecule has 0 aliphatic carbocycles. The zero-order valence-corrected chi connectivity index (χ0v) is 15.8. The van der Waals surface area contributed by atoms with Crippen LogP contribution in [0.25, 0.3) is 11.2 Å². The number of hydrogen-bond acceptors (Lipinski definition) is 7. The first-order valence-corrected chi connectivity index (χ1v) is 9.12. The molecule has 27 heavy (non-hydrogen) atoms. The van der Waals surface area contributed by atoms with E-state index in [0.29, 0.717) is 43.0 Å². The van der Waals surface area contributed by atoms with Crippen LogP contribution in [0, 0.1) is 5.41 Å². The Morgan fingerprint density at radius 3 is 2.67 bits per heavy atom. The van der Waals surface area contributed by atoms with E-state index in [4.69, 9.17) is 4.74 Å². The number of rotatable bonds is 1. The predicted octanol–water partition coefficient (Wildman–Crippen LogP) is 2.37. The number of hydrogen-bond donors (Lipinski definition) is 0. The summed E-state index contributed by atoms with van der Waals surface area (Å²) in [7, 11) is 0. The van der Waals surface area contributed by atoms with Gasteiger partial charge < -0.3 is 9.64 Å². The summed E-state index contributed by atoms with van der Waals surface area (Å²) in [4.78, 5) is 32.7. The van der Waals surface area contributed by atoms with Gasteiger partial charge in [-0.25, -0.2) is 14.4 Å². The van der Waals surface area contributed by atoms with E-state index in [0.717, 1.165) is 12.8 Å². The van der Waals surface area contributed by atoms with Crippen molar-refractivity contribution in [2.24, 2.45) is 5.41 Å². The molecule has 0 aromatic carbocycles. The van der Waals surface area contributed by atoms with Crippen LogP contribution in [0.15, 0.2) is 16.8 Å². The first-order chi connectivity index (χ1) is 12.7. The van der Waals surface area contributed by atoms with Crippen LogP contribution >= 0.6 is 0 Å². The third-order valence-corrected chi connectivity index (χ3v) is 5.18. The summed E-state index contributed by atoms with van der Waals surface area (Å²) < 4.78 is 10.1. The van der Waals surface area contributed by atoms with Crippen molar-refractivity contribution in [1.29, 1.82) is 0 Å². The van der Waals surface area contributed by atoms with Gasteiger partial charge in [0.15, 0.2) is 5.52 Å². The average Bonchev–Trinajstić information content (AvgIpc) is 3.18. The maximum Gasteiger partial charge on any atom is 0.410 e. The van der Waals surface area contributed by atoms with E-state index in [1.165, 1.54) is 0 Å². The fourth-order valence-corrected chi connectivity index (χ4v) is 3.75. The lowest BCUT2D eigenvalue weighted by Gasteiger charge is -2.39. The van der Waals surface area contributed by atoms with E-state index < -0.39 is 5.60 Å². The minimum Gasteiger partial charge on any atom is -0.444 e. The molecule has 9 heteroatoms. The van der Waals surface area contributed by atoms with Crippen molar-refractivity contribution < 1.29 is 19.0 Å². The van der Waals surface area contributed by atoms with Gasteiger partial charge >= 0.3 is 6.09 Å². The Kier molecular flexibility index (Phi) is 4.05. The largest absolute Gasteiger partial charge is 0.444 e. The van der Waals surface area contributed by atoms with E-state index in [9.17, 15) is 9.59 Å². The van der Waals surface area contributed by atoms with Crippen LogP contribution < -0.4 is 4.90 Å². The number of pyridine rings is 1. The lowest BCUT2D eigenvalue weighted by atomic mass is 9.78. The summed E-state index contributed by atoms with van der Waals surface area (Å²) in [6.45, 7) is 7.36. The maximum atomic E-state index is 12.6. The summed E-state index contributed by atoms with van der Waals surface area (Å²) in [6.07, 6.45) is 1.71. The topological polar surface area (TPSA) is 102 Å². The molecular formula is C18H23N5O4. The van der Waals surface area contributed by atoms with Gasteiger partial charge in [0.1, 0.15) is 11.4 Å². The minimum absolute atomic E-state index is 0.0454. The molecule has 4 rings (SSSR count). The Morgan fingerprint density at radius 2 is 1.96 bits per heavy atom. The normalized spacial score (nSPS) is 19.9. The summed E-state index contributed by atoms with van der Waals surface area (Å²) >= 11 is 0. The summed E-state index contributed by atoms with van der Waals surface area (Å²) in [5.41, 5.74) is 0.313. The molecular weight excluding hydrogens is 350 g/mol. The molecule has 0 unspecified atom stereocenters. The molecule has 0 saturated carbocycles. The minimum atomic E-state index is -0.507. The van der Waals surface area contributed by atoms with Gasteiger partial charge in [-0.1, -0.05) is 0 Å². The monoisotopic (exact) mass is 373 g/mol. The Balaban J connectivity index is 1.44. The van der Waals surface area contributed by atoms with Crippen molar-refractivity contribution in [2.45, 2.75) is 45.6 Å². The Hall–Kier alpha value is -2.71. The maximum absolute atomic E-state index is 12.6. The molecule has 2 fully saturated rings. The molecule has 0 radical (unpaired) electrons. The first kappa shape index (κ1) is 17.7. The van der Waals surface area contributed by atoms with E-state index in [1.54, 1.807) is 21.9 Å². The highest BCUT2D eigenvalue weighted by atomic mass is 16.6. The molecule has 2 aliphatic rings. The molecule has 9 nitrogen and oxygen atoms in total. The van der Waals surface area contributed by atoms with Gasteiger partial charge in [-0.2, -0.15) is 0 Å². The molecule has 1 spiro atoms. The van der Waals surface area contributed by atoms with E-state index in [2.05, 4.69) is 19.9 Å². The fraction of sp³-hybridized carbons (Fsp3) is 0.611. The Labute approximate surface area is 156 Å². The molecule has 2 aromatic rings. The number of carbonyl (C=O) groups excluding carboxylic acids is 2. The number of piperidine rings is 1. The third-order valence-electron chi connectivity index (χ3n) is 5.18. The van der Waals surface area contributed by atoms with Gasteiger partial charge in [-0.05, 0) is 56.1 Å². The third kappa shape index (κ3) is 3.45. The van der Waals surface area contributed by atoms with Crippen LogP contribution in [0.5, 0.6) is 0 Å². The highest BCUT2D eigenvalue weighted by Crippen LogP contribution is 2.42. The molecule has 144 valence electrons. The number of anilines is 1. The van der Waals surface area contributed by atoms with Crippen molar-refractivity contribution in [3.8, 4) is 0 Å². The summed E-state index contributed by atoms with van der Waals surface area (Å²) in [5, 5.41) is 7.48. The lowest BCUT2D eigenvalue weighted by molar-refractivity contribution is -0.118. The van der Waals surface area contributed by atoms with Gasteiger partial charge in [0, 0.05) is 31.5 Å². The van der Waals surface area contributed by atoms with Crippen molar-refractivity contribution in [1.82, 2.24) is 20.2 Å². The van der Waals surface area contributed by atoms with Gasteiger partial charge in [-0.15, -0.1) is 0 Å². The number of ether oxygens (including phenoxy) is 1. The predicted molar refractivity (Wildman–Crippen MR) is 96.0 cm³/mol. The molecule has 0 N–H and O–H groups in total. The molecule has 0 atom stereocenters. The highest BCUT2D eigenvalue weighted by Gasteiger charge is 2.46. The fourth-order valence-electron chi connectivity index (χ4n) is 3.75. The Bertz CT molecular complexity index is 879. The SMILES string of the molecule is CC(C)(C)OC(=O)N1CCC2(CC1)CC(=O)N(c1ccc3nonc3n1)C2. The van der Waals surface area contributed by atoms with Crippen LogP contribution in [0.2, 0.25) is 0 Å². The van der Waals surface area contributed by atoms with Crippen LogP contribution in [-0.2, 0) is 9.53 Å². The molecule has 2 aromatic heterocycles. The number of amides is 2. The first-order valence-electron chi connectivity index (χ1n) is 9.12. The molecule has 2 amide bonds. The zero-order chi connectivity index (χ0) is 19.2. The molecule has 2 saturated heterocycles. The van der Waals surface area contributed by atoms with Crippen LogP contribution in [0.3, 0.4) is 0 Å². The lowest BCUT2D eigenvalue weighted by Crippen LogP contribution is -2.46. The van der Waals surface area contributed by atoms with Gasteiger partial charge in [0.2, 0.25) is 11.6 Å². The number of aromatic nitrogens is 3. The number of fused-ring (bicyclic) bond motifs is 1. The van der Waals surface area contributed by atoms with Gasteiger partial charge in [0.05, 0.1) is 0 Å². The second kappa shape index (κ2) is 6.17. The van der Waals surface area contributed by atoms with E-state index >= 15 is 0 Å². The van der Waals surface area contributed by atoms with Crippen molar-refractivity contribution in [3.05, 3.63) is 12.1 Å². The summed E-state index contributed by atoms with van der Waals surface area (Å²) in [5.74, 6) is 0.610.